The van der Waals surface area contributed by atoms with E-state index >= 15 is 0 Å². The van der Waals surface area contributed by atoms with Crippen molar-refractivity contribution < 1.29 is 9.53 Å². The Balaban J connectivity index is 1.66. The van der Waals surface area contributed by atoms with Gasteiger partial charge >= 0.3 is 0 Å². The van der Waals surface area contributed by atoms with Crippen LogP contribution in [0.1, 0.15) is 25.3 Å². The molecule has 0 spiro atoms. The number of carbonyl (C=O) groups is 1. The largest absolute Gasteiger partial charge is 0.440 e. The van der Waals surface area contributed by atoms with Crippen LogP contribution < -0.4 is 5.73 Å². The summed E-state index contributed by atoms with van der Waals surface area (Å²) in [6.07, 6.45) is 2.03. The highest BCUT2D eigenvalue weighted by Gasteiger charge is 2.39. The maximum Gasteiger partial charge on any atom is 0.264 e. The smallest absolute Gasteiger partial charge is 0.264 e. The summed E-state index contributed by atoms with van der Waals surface area (Å²) in [6, 6.07) is 13.9. The molecule has 5 rings (SSSR count). The number of ether oxygens (including phenoxy) is 1. The molecule has 1 atom stereocenters. The predicted octanol–water partition coefficient (Wildman–Crippen LogP) is 6.70. The third kappa shape index (κ3) is 4.36. The highest BCUT2D eigenvalue weighted by atomic mass is 79.9. The van der Waals surface area contributed by atoms with Crippen molar-refractivity contribution in [2.45, 2.75) is 5.92 Å². The number of nitriles is 1. The van der Waals surface area contributed by atoms with Crippen LogP contribution in [0.3, 0.4) is 0 Å². The Morgan fingerprint density at radius 2 is 1.97 bits per heavy atom. The van der Waals surface area contributed by atoms with E-state index in [0.717, 1.165) is 28.5 Å². The minimum atomic E-state index is -0.368. The molecule has 5 nitrogen and oxygen atoms in total. The zero-order valence-corrected chi connectivity index (χ0v) is 22.5. The Hall–Kier alpha value is -2.16. The number of hydrogen-bond acceptors (Lipinski definition) is 7. The molecule has 2 N–H and O–H groups in total. The number of nitrogens with zero attached hydrogens (tertiary/aromatic N) is 2. The number of halogens is 2. The lowest BCUT2D eigenvalue weighted by Crippen LogP contribution is -2.41. The molecule has 1 unspecified atom stereocenters. The first kappa shape index (κ1) is 22.6. The molecule has 3 aromatic rings. The third-order valence-corrected chi connectivity index (χ3v) is 9.47. The van der Waals surface area contributed by atoms with Gasteiger partial charge in [0.2, 0.25) is 5.88 Å². The summed E-state index contributed by atoms with van der Waals surface area (Å²) < 4.78 is 8.04. The van der Waals surface area contributed by atoms with E-state index in [0.29, 0.717) is 29.3 Å². The summed E-state index contributed by atoms with van der Waals surface area (Å²) in [5.41, 5.74) is 8.34. The molecule has 0 radical (unpaired) electrons. The Kier molecular flexibility index (Phi) is 6.33. The molecule has 1 amide bonds. The molecular weight excluding hydrogens is 606 g/mol. The Labute approximate surface area is 219 Å². The van der Waals surface area contributed by atoms with Crippen molar-refractivity contribution >= 4 is 77.9 Å². The van der Waals surface area contributed by atoms with Crippen LogP contribution in [0.2, 0.25) is 0 Å². The van der Waals surface area contributed by atoms with Crippen LogP contribution in [0.4, 0.5) is 0 Å². The van der Waals surface area contributed by atoms with Crippen LogP contribution in [-0.2, 0) is 4.74 Å². The molecule has 0 aromatic carbocycles. The first-order valence-corrected chi connectivity index (χ1v) is 13.9. The van der Waals surface area contributed by atoms with E-state index in [4.69, 9.17) is 10.5 Å². The molecule has 2 aliphatic rings. The lowest BCUT2D eigenvalue weighted by molar-refractivity contribution is 0.0772. The first-order valence-electron chi connectivity index (χ1n) is 9.79. The van der Waals surface area contributed by atoms with E-state index in [1.807, 2.05) is 52.8 Å². The maximum atomic E-state index is 13.3. The van der Waals surface area contributed by atoms with E-state index in [-0.39, 0.29) is 17.7 Å². The van der Waals surface area contributed by atoms with Crippen molar-refractivity contribution in [1.82, 2.24) is 4.90 Å². The third-order valence-electron chi connectivity index (χ3n) is 5.35. The minimum Gasteiger partial charge on any atom is -0.440 e. The number of rotatable bonds is 3. The number of allylic oxidation sites excluding steroid dienone is 1. The highest BCUT2D eigenvalue weighted by molar-refractivity contribution is 9.11. The number of hydrogen-bond donors (Lipinski definition) is 1. The molecule has 0 bridgehead atoms. The van der Waals surface area contributed by atoms with Crippen molar-refractivity contribution in [3.63, 3.8) is 0 Å². The summed E-state index contributed by atoms with van der Waals surface area (Å²) in [5, 5.41) is 11.8. The van der Waals surface area contributed by atoms with E-state index in [1.165, 1.54) is 11.3 Å². The van der Waals surface area contributed by atoms with E-state index < -0.39 is 0 Å². The molecule has 33 heavy (non-hydrogen) atoms. The van der Waals surface area contributed by atoms with Crippen LogP contribution in [0, 0.1) is 11.3 Å². The fraction of sp³-hybridized carbons (Fsp3) is 0.130. The summed E-state index contributed by atoms with van der Waals surface area (Å²) >= 11 is 11.6. The molecule has 0 saturated carbocycles. The van der Waals surface area contributed by atoms with Crippen LogP contribution in [0.15, 0.2) is 77.7 Å². The van der Waals surface area contributed by atoms with Gasteiger partial charge in [-0.2, -0.15) is 5.26 Å². The fourth-order valence-electron chi connectivity index (χ4n) is 3.96. The summed E-state index contributed by atoms with van der Waals surface area (Å²) in [6.45, 7) is 0.747. The number of thiophene rings is 3. The quantitative estimate of drug-likeness (QED) is 0.353. The van der Waals surface area contributed by atoms with E-state index in [1.54, 1.807) is 22.7 Å². The number of carbonyl (C=O) groups excluding carboxylic acids is 1. The second-order valence-corrected chi connectivity index (χ2v) is 13.3. The molecule has 166 valence electrons. The number of nitrogens with two attached hydrogens (primary N) is 1. The van der Waals surface area contributed by atoms with Crippen LogP contribution in [-0.4, -0.2) is 23.9 Å². The Morgan fingerprint density at radius 1 is 1.18 bits per heavy atom. The molecule has 0 saturated heterocycles. The maximum absolute atomic E-state index is 13.3. The van der Waals surface area contributed by atoms with Crippen LogP contribution >= 0.6 is 65.9 Å². The van der Waals surface area contributed by atoms with Crippen molar-refractivity contribution in [1.29, 1.82) is 5.26 Å². The zero-order valence-electron chi connectivity index (χ0n) is 16.9. The molecule has 3 aromatic heterocycles. The lowest BCUT2D eigenvalue weighted by atomic mass is 9.83. The molecule has 5 heterocycles. The Bertz CT molecular complexity index is 1380. The normalized spacial score (nSPS) is 19.5. The van der Waals surface area contributed by atoms with Gasteiger partial charge in [0.05, 0.1) is 24.9 Å². The van der Waals surface area contributed by atoms with Gasteiger partial charge in [0.25, 0.3) is 5.91 Å². The minimum absolute atomic E-state index is 0.0399. The lowest BCUT2D eigenvalue weighted by Gasteiger charge is -2.37. The van der Waals surface area contributed by atoms with Crippen LogP contribution in [0.25, 0.3) is 6.08 Å². The molecular formula is C23H15Br2N3O2S3. The van der Waals surface area contributed by atoms with Crippen molar-refractivity contribution in [3.8, 4) is 6.07 Å². The Morgan fingerprint density at radius 3 is 2.61 bits per heavy atom. The van der Waals surface area contributed by atoms with Gasteiger partial charge in [-0.3, -0.25) is 4.79 Å². The molecule has 0 aliphatic carbocycles. The number of amides is 1. The summed E-state index contributed by atoms with van der Waals surface area (Å²) in [4.78, 5) is 17.8. The predicted molar refractivity (Wildman–Crippen MR) is 140 cm³/mol. The summed E-state index contributed by atoms with van der Waals surface area (Å²) in [5.74, 6) is 0.359. The zero-order chi connectivity index (χ0) is 23.1. The van der Waals surface area contributed by atoms with E-state index in [9.17, 15) is 10.1 Å². The van der Waals surface area contributed by atoms with Gasteiger partial charge in [-0.05, 0) is 73.6 Å². The van der Waals surface area contributed by atoms with Gasteiger partial charge in [0.15, 0.2) is 0 Å². The van der Waals surface area contributed by atoms with Gasteiger partial charge in [-0.15, -0.1) is 34.0 Å². The average Bonchev–Trinajstić information content (AvgIpc) is 3.55. The second kappa shape index (κ2) is 9.24. The monoisotopic (exact) mass is 619 g/mol. The molecule has 10 heteroatoms. The SMILES string of the molecule is N#CC1=C(N)OC2=C(CN(C(=O)c3cccs3)C/C2=C\c2ccc(Br)s2)C1c1ccc(Br)s1. The van der Waals surface area contributed by atoms with Crippen molar-refractivity contribution in [3.05, 3.63) is 92.3 Å². The standard InChI is InChI=1S/C23H15Br2N3O2S3/c24-18-5-3-13(32-18)8-12-10-28(23(29)17-2-1-7-31-17)11-15-20(16-4-6-19(25)33-16)14(9-26)22(27)30-21(12)15/h1-8,20H,10-11,27H2/b12-8+. The van der Waals surface area contributed by atoms with Gasteiger partial charge in [0, 0.05) is 27.4 Å². The van der Waals surface area contributed by atoms with Crippen molar-refractivity contribution in [2.24, 2.45) is 5.73 Å². The van der Waals surface area contributed by atoms with Gasteiger partial charge in [-0.1, -0.05) is 6.07 Å². The first-order chi connectivity index (χ1) is 15.9. The fourth-order valence-corrected chi connectivity index (χ4v) is 7.61. The molecule has 2 aliphatic heterocycles. The molecule has 0 fully saturated rings. The summed E-state index contributed by atoms with van der Waals surface area (Å²) in [7, 11) is 0. The van der Waals surface area contributed by atoms with Gasteiger partial charge < -0.3 is 15.4 Å². The van der Waals surface area contributed by atoms with E-state index in [2.05, 4.69) is 37.9 Å². The topological polar surface area (TPSA) is 79.4 Å². The van der Waals surface area contributed by atoms with Crippen LogP contribution in [0.5, 0.6) is 0 Å². The highest BCUT2D eigenvalue weighted by Crippen LogP contribution is 2.46. The van der Waals surface area contributed by atoms with Gasteiger partial charge in [-0.25, -0.2) is 0 Å². The van der Waals surface area contributed by atoms with Crippen molar-refractivity contribution in [2.75, 3.05) is 13.1 Å². The average molecular weight is 621 g/mol. The second-order valence-electron chi connectivity index (χ2n) is 7.37. The van der Waals surface area contributed by atoms with Gasteiger partial charge in [0.1, 0.15) is 17.4 Å².